The summed E-state index contributed by atoms with van der Waals surface area (Å²) in [5, 5.41) is 22.7. The fourth-order valence-corrected chi connectivity index (χ4v) is 6.25. The quantitative estimate of drug-likeness (QED) is 0.554. The van der Waals surface area contributed by atoms with Crippen LogP contribution in [0.4, 0.5) is 0 Å². The van der Waals surface area contributed by atoms with Gasteiger partial charge in [0, 0.05) is 18.0 Å². The first kappa shape index (κ1) is 23.1. The smallest absolute Gasteiger partial charge is 0.324 e. The summed E-state index contributed by atoms with van der Waals surface area (Å²) in [7, 11) is 2.00. The van der Waals surface area contributed by atoms with Crippen molar-refractivity contribution in [3.63, 3.8) is 0 Å². The Morgan fingerprint density at radius 3 is 2.79 bits per heavy atom. The fourth-order valence-electron chi connectivity index (χ4n) is 6.25. The van der Waals surface area contributed by atoms with Gasteiger partial charge in [0.1, 0.15) is 17.4 Å². The van der Waals surface area contributed by atoms with E-state index < -0.39 is 40.7 Å². The number of aliphatic hydroxyl groups is 1. The third-order valence-electron chi connectivity index (χ3n) is 7.68. The maximum atomic E-state index is 12.8. The second-order valence-corrected chi connectivity index (χ2v) is 10.9. The lowest BCUT2D eigenvalue weighted by Gasteiger charge is -2.61. The molecule has 1 saturated heterocycles. The first-order valence-electron chi connectivity index (χ1n) is 11.7. The number of hydrogen-bond donors (Lipinski definition) is 3. The Balaban J connectivity index is 1.45. The molecule has 4 aliphatic rings. The van der Waals surface area contributed by atoms with Crippen molar-refractivity contribution in [3.05, 3.63) is 35.1 Å². The molecule has 1 spiro atoms. The Morgan fingerprint density at radius 2 is 2.09 bits per heavy atom. The Labute approximate surface area is 198 Å². The number of ether oxygens (including phenoxy) is 3. The summed E-state index contributed by atoms with van der Waals surface area (Å²) < 4.78 is 17.2. The van der Waals surface area contributed by atoms with Crippen LogP contribution < -0.4 is 10.5 Å². The second kappa shape index (κ2) is 7.44. The van der Waals surface area contributed by atoms with Gasteiger partial charge in [-0.25, -0.2) is 0 Å². The average Bonchev–Trinajstić information content (AvgIpc) is 3.09. The van der Waals surface area contributed by atoms with Crippen molar-refractivity contribution >= 4 is 11.9 Å². The van der Waals surface area contributed by atoms with Crippen molar-refractivity contribution in [2.75, 3.05) is 13.6 Å². The largest absolute Gasteiger partial charge is 0.504 e. The van der Waals surface area contributed by atoms with E-state index in [0.717, 1.165) is 17.7 Å². The Bertz CT molecular complexity index is 1090. The number of nitrogens with two attached hydrogens (primary N) is 1. The molecule has 2 heterocycles. The lowest BCUT2D eigenvalue weighted by Crippen LogP contribution is -2.74. The molecule has 9 heteroatoms. The van der Waals surface area contributed by atoms with Gasteiger partial charge in [-0.3, -0.25) is 9.59 Å². The first-order valence-corrected chi connectivity index (χ1v) is 11.7. The van der Waals surface area contributed by atoms with Crippen LogP contribution in [0.2, 0.25) is 0 Å². The van der Waals surface area contributed by atoms with Crippen molar-refractivity contribution in [2.45, 2.75) is 81.3 Å². The van der Waals surface area contributed by atoms with Gasteiger partial charge in [-0.15, -0.1) is 0 Å². The van der Waals surface area contributed by atoms with Crippen molar-refractivity contribution < 1.29 is 34.0 Å². The van der Waals surface area contributed by atoms with E-state index in [9.17, 15) is 19.8 Å². The van der Waals surface area contributed by atoms with Gasteiger partial charge in [0.25, 0.3) is 0 Å². The maximum absolute atomic E-state index is 12.8. The Hall–Kier alpha value is -2.62. The van der Waals surface area contributed by atoms with Crippen LogP contribution in [0, 0.1) is 0 Å². The molecule has 0 radical (unpaired) electrons. The molecule has 9 nitrogen and oxygen atoms in total. The molecular weight excluding hydrogens is 440 g/mol. The molecule has 0 aromatic heterocycles. The van der Waals surface area contributed by atoms with Gasteiger partial charge in [0.15, 0.2) is 17.6 Å². The number of phenolic OH excluding ortho intramolecular Hbond substituents is 1. The summed E-state index contributed by atoms with van der Waals surface area (Å²) in [5.41, 5.74) is 5.03. The summed E-state index contributed by atoms with van der Waals surface area (Å²) >= 11 is 0. The van der Waals surface area contributed by atoms with Crippen molar-refractivity contribution in [2.24, 2.45) is 5.73 Å². The number of phenols is 1. The SMILES string of the molecule is CN1CC[C@]23c4c5ccc(O)c4O[C@H]2C(OC(=O)CC(N)C(=O)OC(C)(C)C)=CC[C@@]3(O)[C@H]1C5. The van der Waals surface area contributed by atoms with Gasteiger partial charge < -0.3 is 35.1 Å². The lowest BCUT2D eigenvalue weighted by molar-refractivity contribution is -0.170. The van der Waals surface area contributed by atoms with E-state index in [-0.39, 0.29) is 30.4 Å². The predicted octanol–water partition coefficient (Wildman–Crippen LogP) is 1.27. The van der Waals surface area contributed by atoms with Crippen LogP contribution in [-0.2, 0) is 30.9 Å². The van der Waals surface area contributed by atoms with Crippen LogP contribution in [0.1, 0.15) is 51.2 Å². The van der Waals surface area contributed by atoms with E-state index in [2.05, 4.69) is 4.90 Å². The minimum absolute atomic E-state index is 0.000113. The number of carbonyl (C=O) groups is 2. The molecule has 184 valence electrons. The Kier molecular flexibility index (Phi) is 5.06. The molecule has 1 aromatic rings. The number of rotatable bonds is 4. The van der Waals surface area contributed by atoms with Crippen LogP contribution in [0.3, 0.4) is 0 Å². The van der Waals surface area contributed by atoms with Gasteiger partial charge in [-0.1, -0.05) is 6.07 Å². The molecule has 2 aliphatic heterocycles. The monoisotopic (exact) mass is 472 g/mol. The first-order chi connectivity index (χ1) is 15.9. The van der Waals surface area contributed by atoms with E-state index in [0.29, 0.717) is 18.6 Å². The fraction of sp³-hybridized carbons (Fsp3) is 0.600. The molecule has 4 N–H and O–H groups in total. The average molecular weight is 473 g/mol. The topological polar surface area (TPSA) is 132 Å². The van der Waals surface area contributed by atoms with Gasteiger partial charge in [-0.2, -0.15) is 0 Å². The number of likely N-dealkylation sites (tertiary alicyclic amines) is 1. The summed E-state index contributed by atoms with van der Waals surface area (Å²) in [6, 6.07) is 2.20. The third-order valence-corrected chi connectivity index (χ3v) is 7.68. The maximum Gasteiger partial charge on any atom is 0.324 e. The van der Waals surface area contributed by atoms with Crippen molar-refractivity contribution in [1.29, 1.82) is 0 Å². The molecule has 1 aromatic carbocycles. The summed E-state index contributed by atoms with van der Waals surface area (Å²) in [6.45, 7) is 5.90. The predicted molar refractivity (Wildman–Crippen MR) is 121 cm³/mol. The summed E-state index contributed by atoms with van der Waals surface area (Å²) in [6.07, 6.45) is 2.06. The van der Waals surface area contributed by atoms with E-state index in [1.54, 1.807) is 32.9 Å². The highest BCUT2D eigenvalue weighted by Gasteiger charge is 2.72. The molecule has 5 atom stereocenters. The van der Waals surface area contributed by atoms with Gasteiger partial charge in [0.05, 0.1) is 17.4 Å². The molecule has 0 amide bonds. The number of carbonyl (C=O) groups excluding carboxylic acids is 2. The minimum atomic E-state index is -1.16. The van der Waals surface area contributed by atoms with E-state index in [1.165, 1.54) is 0 Å². The van der Waals surface area contributed by atoms with Crippen LogP contribution in [0.25, 0.3) is 0 Å². The molecular formula is C25H32N2O7. The number of piperidine rings is 1. The molecule has 2 aliphatic carbocycles. The van der Waals surface area contributed by atoms with Crippen LogP contribution >= 0.6 is 0 Å². The van der Waals surface area contributed by atoms with Gasteiger partial charge in [0.2, 0.25) is 0 Å². The zero-order valence-corrected chi connectivity index (χ0v) is 20.0. The highest BCUT2D eigenvalue weighted by Crippen LogP contribution is 2.65. The molecule has 34 heavy (non-hydrogen) atoms. The lowest BCUT2D eigenvalue weighted by atomic mass is 9.50. The van der Waals surface area contributed by atoms with Crippen LogP contribution in [-0.4, -0.2) is 70.0 Å². The van der Waals surface area contributed by atoms with Gasteiger partial charge in [-0.05, 0) is 64.9 Å². The van der Waals surface area contributed by atoms with Gasteiger partial charge >= 0.3 is 11.9 Å². The Morgan fingerprint density at radius 1 is 1.35 bits per heavy atom. The van der Waals surface area contributed by atoms with E-state index in [4.69, 9.17) is 19.9 Å². The molecule has 1 unspecified atom stereocenters. The number of nitrogens with zero attached hydrogens (tertiary/aromatic N) is 1. The number of likely N-dealkylation sites (N-methyl/N-ethyl adjacent to an activating group) is 1. The minimum Gasteiger partial charge on any atom is -0.504 e. The normalized spacial score (nSPS) is 32.2. The standard InChI is InChI=1S/C25H32N2O7/c1-23(2,3)34-22(30)14(26)12-18(29)32-16-7-8-25(31)17-11-13-5-6-15(28)20-19(13)24(25,21(16)33-20)9-10-27(17)4/h5-7,14,17,21,28,31H,8-12,26H2,1-4H3/t14?,17-,21+,24+,25-/m1/s1. The number of hydrogen-bond acceptors (Lipinski definition) is 9. The van der Waals surface area contributed by atoms with Crippen molar-refractivity contribution in [3.8, 4) is 11.5 Å². The van der Waals surface area contributed by atoms with Crippen LogP contribution in [0.15, 0.2) is 24.0 Å². The highest BCUT2D eigenvalue weighted by atomic mass is 16.6. The van der Waals surface area contributed by atoms with E-state index in [1.807, 2.05) is 13.1 Å². The summed E-state index contributed by atoms with van der Waals surface area (Å²) in [4.78, 5) is 27.1. The van der Waals surface area contributed by atoms with E-state index >= 15 is 0 Å². The molecule has 0 saturated carbocycles. The molecule has 1 fully saturated rings. The molecule has 5 rings (SSSR count). The number of benzene rings is 1. The third kappa shape index (κ3) is 3.17. The van der Waals surface area contributed by atoms with Crippen molar-refractivity contribution in [1.82, 2.24) is 4.90 Å². The zero-order valence-electron chi connectivity index (χ0n) is 20.0. The number of aromatic hydroxyl groups is 1. The van der Waals surface area contributed by atoms with Crippen LogP contribution in [0.5, 0.6) is 11.5 Å². The zero-order chi connectivity index (χ0) is 24.6. The summed E-state index contributed by atoms with van der Waals surface area (Å²) in [5.74, 6) is -0.744. The second-order valence-electron chi connectivity index (χ2n) is 10.9. The molecule has 2 bridgehead atoms. The number of esters is 2. The highest BCUT2D eigenvalue weighted by molar-refractivity contribution is 5.83.